The molecule has 0 spiro atoms. The lowest BCUT2D eigenvalue weighted by molar-refractivity contribution is -0.384. The fourth-order valence-electron chi connectivity index (χ4n) is 1.73. The van der Waals surface area contributed by atoms with Gasteiger partial charge in [-0.15, -0.1) is 0 Å². The molecule has 1 amide bonds. The van der Waals surface area contributed by atoms with Crippen LogP contribution >= 0.6 is 11.6 Å². The van der Waals surface area contributed by atoms with Gasteiger partial charge in [-0.25, -0.2) is 4.79 Å². The van der Waals surface area contributed by atoms with Crippen molar-refractivity contribution in [1.29, 1.82) is 0 Å². The Bertz CT molecular complexity index is 676. The number of hydrogen-bond acceptors (Lipinski definition) is 4. The van der Waals surface area contributed by atoms with Crippen LogP contribution in [0.25, 0.3) is 0 Å². The average Bonchev–Trinajstić information content (AvgIpc) is 2.52. The number of hydrogen-bond donors (Lipinski definition) is 1. The van der Waals surface area contributed by atoms with Crippen molar-refractivity contribution in [2.24, 2.45) is 0 Å². The highest BCUT2D eigenvalue weighted by molar-refractivity contribution is 6.31. The summed E-state index contributed by atoms with van der Waals surface area (Å²) in [6.07, 6.45) is -0.585. The van der Waals surface area contributed by atoms with Crippen LogP contribution in [0.3, 0.4) is 0 Å². The van der Waals surface area contributed by atoms with Crippen molar-refractivity contribution in [2.45, 2.75) is 13.2 Å². The molecule has 0 bridgehead atoms. The molecule has 0 fully saturated rings. The number of alkyl carbamates (subject to hydrolysis) is 1. The highest BCUT2D eigenvalue weighted by Gasteiger charge is 2.10. The van der Waals surface area contributed by atoms with Crippen LogP contribution in [-0.4, -0.2) is 11.0 Å². The van der Waals surface area contributed by atoms with Gasteiger partial charge in [0.1, 0.15) is 6.61 Å². The molecule has 0 saturated heterocycles. The molecule has 2 rings (SSSR count). The fourth-order valence-corrected chi connectivity index (χ4v) is 1.98. The van der Waals surface area contributed by atoms with Gasteiger partial charge in [-0.2, -0.15) is 0 Å². The number of carbonyl (C=O) groups excluding carboxylic acids is 1. The molecule has 0 heterocycles. The van der Waals surface area contributed by atoms with Crippen LogP contribution in [0.5, 0.6) is 0 Å². The summed E-state index contributed by atoms with van der Waals surface area (Å²) < 4.78 is 5.05. The van der Waals surface area contributed by atoms with Gasteiger partial charge < -0.3 is 10.1 Å². The van der Waals surface area contributed by atoms with Crippen molar-refractivity contribution in [3.63, 3.8) is 0 Å². The molecular weight excluding hydrogens is 308 g/mol. The summed E-state index contributed by atoms with van der Waals surface area (Å²) in [5.74, 6) is 0. The highest BCUT2D eigenvalue weighted by Crippen LogP contribution is 2.22. The van der Waals surface area contributed by atoms with Gasteiger partial charge in [0, 0.05) is 18.7 Å². The van der Waals surface area contributed by atoms with Crippen molar-refractivity contribution in [2.75, 3.05) is 0 Å². The molecule has 0 aromatic heterocycles. The number of non-ortho nitro benzene ring substituents is 1. The Morgan fingerprint density at radius 3 is 2.59 bits per heavy atom. The second-order valence-corrected chi connectivity index (χ2v) is 4.86. The zero-order valence-corrected chi connectivity index (χ0v) is 12.2. The molecular formula is C15H13ClN2O4. The second-order valence-electron chi connectivity index (χ2n) is 4.45. The fraction of sp³-hybridized carbons (Fsp3) is 0.133. The van der Waals surface area contributed by atoms with E-state index >= 15 is 0 Å². The van der Waals surface area contributed by atoms with E-state index in [1.165, 1.54) is 18.2 Å². The number of ether oxygens (including phenoxy) is 1. The van der Waals surface area contributed by atoms with E-state index in [4.69, 9.17) is 16.3 Å². The summed E-state index contributed by atoms with van der Waals surface area (Å²) in [7, 11) is 0. The molecule has 2 aromatic carbocycles. The maximum atomic E-state index is 11.6. The van der Waals surface area contributed by atoms with Crippen LogP contribution in [0.1, 0.15) is 11.1 Å². The van der Waals surface area contributed by atoms with Crippen LogP contribution in [0.4, 0.5) is 10.5 Å². The Hall–Kier alpha value is -2.60. The van der Waals surface area contributed by atoms with E-state index in [-0.39, 0.29) is 23.9 Å². The largest absolute Gasteiger partial charge is 0.445 e. The van der Waals surface area contributed by atoms with Gasteiger partial charge >= 0.3 is 6.09 Å². The smallest absolute Gasteiger partial charge is 0.407 e. The zero-order chi connectivity index (χ0) is 15.9. The lowest BCUT2D eigenvalue weighted by atomic mass is 10.2. The van der Waals surface area contributed by atoms with Crippen molar-refractivity contribution >= 4 is 23.4 Å². The monoisotopic (exact) mass is 320 g/mol. The predicted octanol–water partition coefficient (Wildman–Crippen LogP) is 3.67. The van der Waals surface area contributed by atoms with Crippen LogP contribution in [0, 0.1) is 10.1 Å². The van der Waals surface area contributed by atoms with Gasteiger partial charge in [0.15, 0.2) is 0 Å². The van der Waals surface area contributed by atoms with E-state index in [2.05, 4.69) is 5.32 Å². The van der Waals surface area contributed by atoms with Crippen molar-refractivity contribution < 1.29 is 14.5 Å². The molecule has 0 aliphatic heterocycles. The first-order chi connectivity index (χ1) is 10.6. The van der Waals surface area contributed by atoms with Crippen LogP contribution in [0.2, 0.25) is 5.02 Å². The number of nitrogens with one attached hydrogen (secondary N) is 1. The second kappa shape index (κ2) is 7.42. The van der Waals surface area contributed by atoms with Gasteiger partial charge in [-0.1, -0.05) is 41.9 Å². The van der Waals surface area contributed by atoms with E-state index < -0.39 is 11.0 Å². The summed E-state index contributed by atoms with van der Waals surface area (Å²) in [4.78, 5) is 21.7. The Morgan fingerprint density at radius 2 is 1.95 bits per heavy atom. The van der Waals surface area contributed by atoms with Gasteiger partial charge in [0.25, 0.3) is 5.69 Å². The molecule has 0 aliphatic rings. The molecule has 0 unspecified atom stereocenters. The first-order valence-electron chi connectivity index (χ1n) is 6.43. The van der Waals surface area contributed by atoms with Crippen LogP contribution in [0.15, 0.2) is 48.5 Å². The topological polar surface area (TPSA) is 81.5 Å². The molecule has 0 saturated carbocycles. The van der Waals surface area contributed by atoms with Crippen LogP contribution < -0.4 is 5.32 Å². The van der Waals surface area contributed by atoms with E-state index in [1.54, 1.807) is 0 Å². The third-order valence-corrected chi connectivity index (χ3v) is 3.24. The summed E-state index contributed by atoms with van der Waals surface area (Å²) in [5.41, 5.74) is 1.36. The lowest BCUT2D eigenvalue weighted by Gasteiger charge is -2.08. The molecule has 0 atom stereocenters. The lowest BCUT2D eigenvalue weighted by Crippen LogP contribution is -2.23. The molecule has 2 aromatic rings. The quantitative estimate of drug-likeness (QED) is 0.673. The predicted molar refractivity (Wildman–Crippen MR) is 81.6 cm³/mol. The molecule has 114 valence electrons. The Morgan fingerprint density at radius 1 is 1.23 bits per heavy atom. The van der Waals surface area contributed by atoms with E-state index in [1.807, 2.05) is 30.3 Å². The van der Waals surface area contributed by atoms with Gasteiger partial charge in [0.05, 0.1) is 9.95 Å². The normalized spacial score (nSPS) is 10.0. The molecule has 6 nitrogen and oxygen atoms in total. The number of amides is 1. The first kappa shape index (κ1) is 15.8. The summed E-state index contributed by atoms with van der Waals surface area (Å²) in [6, 6.07) is 13.4. The number of nitrogens with zero attached hydrogens (tertiary/aromatic N) is 1. The van der Waals surface area contributed by atoms with Crippen molar-refractivity contribution in [1.82, 2.24) is 5.32 Å². The minimum Gasteiger partial charge on any atom is -0.445 e. The number of benzene rings is 2. The summed E-state index contributed by atoms with van der Waals surface area (Å²) >= 11 is 5.93. The number of carbonyl (C=O) groups is 1. The van der Waals surface area contributed by atoms with Crippen molar-refractivity contribution in [3.05, 3.63) is 74.8 Å². The molecule has 0 radical (unpaired) electrons. The molecule has 7 heteroatoms. The van der Waals surface area contributed by atoms with Gasteiger partial charge in [0.2, 0.25) is 0 Å². The molecule has 1 N–H and O–H groups in total. The number of halogens is 1. The van der Waals surface area contributed by atoms with Gasteiger partial charge in [-0.3, -0.25) is 10.1 Å². The standard InChI is InChI=1S/C15H13ClN2O4/c16-14-8-13(18(20)21)7-6-12(14)9-17-15(19)22-10-11-4-2-1-3-5-11/h1-8H,9-10H2,(H,17,19). The minimum atomic E-state index is -0.585. The minimum absolute atomic E-state index is 0.0968. The number of nitro groups is 1. The number of rotatable bonds is 5. The van der Waals surface area contributed by atoms with Crippen LogP contribution in [-0.2, 0) is 17.9 Å². The summed E-state index contributed by atoms with van der Waals surface area (Å²) in [5, 5.41) is 13.4. The Balaban J connectivity index is 1.85. The van der Waals surface area contributed by atoms with Gasteiger partial charge in [-0.05, 0) is 17.2 Å². The first-order valence-corrected chi connectivity index (χ1v) is 6.81. The average molecular weight is 321 g/mol. The number of nitro benzene ring substituents is 1. The molecule has 0 aliphatic carbocycles. The highest BCUT2D eigenvalue weighted by atomic mass is 35.5. The maximum Gasteiger partial charge on any atom is 0.407 e. The Kier molecular flexibility index (Phi) is 5.32. The zero-order valence-electron chi connectivity index (χ0n) is 11.5. The summed E-state index contributed by atoms with van der Waals surface area (Å²) in [6.45, 7) is 0.297. The van der Waals surface area contributed by atoms with Crippen molar-refractivity contribution in [3.8, 4) is 0 Å². The van der Waals surface area contributed by atoms with E-state index in [9.17, 15) is 14.9 Å². The molecule has 22 heavy (non-hydrogen) atoms. The third kappa shape index (κ3) is 4.46. The third-order valence-electron chi connectivity index (χ3n) is 2.88. The Labute approximate surface area is 131 Å². The maximum absolute atomic E-state index is 11.6. The van der Waals surface area contributed by atoms with E-state index in [0.29, 0.717) is 5.56 Å². The van der Waals surface area contributed by atoms with E-state index in [0.717, 1.165) is 5.56 Å². The SMILES string of the molecule is O=C(NCc1ccc([N+](=O)[O-])cc1Cl)OCc1ccccc1.